The lowest BCUT2D eigenvalue weighted by Crippen LogP contribution is -1.99. The third-order valence-electron chi connectivity index (χ3n) is 3.40. The van der Waals surface area contributed by atoms with Gasteiger partial charge >= 0.3 is 6.01 Å². The average molecular weight is 325 g/mol. The van der Waals surface area contributed by atoms with Crippen LogP contribution in [0.3, 0.4) is 0 Å². The van der Waals surface area contributed by atoms with Crippen molar-refractivity contribution in [2.45, 2.75) is 0 Å². The van der Waals surface area contributed by atoms with E-state index in [0.717, 1.165) is 10.9 Å². The van der Waals surface area contributed by atoms with Crippen molar-refractivity contribution in [1.82, 2.24) is 20.1 Å². The van der Waals surface area contributed by atoms with E-state index in [2.05, 4.69) is 25.4 Å². The fourth-order valence-electron chi connectivity index (χ4n) is 2.28. The van der Waals surface area contributed by atoms with E-state index in [9.17, 15) is 4.79 Å². The lowest BCUT2D eigenvalue weighted by molar-refractivity contribution is 0.104. The Morgan fingerprint density at radius 3 is 3.00 bits per heavy atom. The number of carbonyl (C=O) groups is 1. The van der Waals surface area contributed by atoms with E-state index in [1.54, 1.807) is 18.6 Å². The summed E-state index contributed by atoms with van der Waals surface area (Å²) in [6.45, 7) is 0. The summed E-state index contributed by atoms with van der Waals surface area (Å²) in [5.41, 5.74) is 2.04. The molecule has 0 fully saturated rings. The zero-order valence-corrected chi connectivity index (χ0v) is 12.8. The van der Waals surface area contributed by atoms with Crippen molar-refractivity contribution in [2.75, 3.05) is 12.4 Å². The first kappa shape index (κ1) is 13.6. The Kier molecular flexibility index (Phi) is 3.16. The molecule has 114 valence electrons. The van der Waals surface area contributed by atoms with E-state index >= 15 is 0 Å². The second-order valence-electron chi connectivity index (χ2n) is 4.79. The van der Waals surface area contributed by atoms with Crippen LogP contribution in [0.2, 0.25) is 0 Å². The predicted molar refractivity (Wildman–Crippen MR) is 86.7 cm³/mol. The van der Waals surface area contributed by atoms with E-state index in [1.165, 1.54) is 11.3 Å². The topological polar surface area (TPSA) is 96.7 Å². The molecule has 0 unspecified atom stereocenters. The Morgan fingerprint density at radius 1 is 1.30 bits per heavy atom. The van der Waals surface area contributed by atoms with Gasteiger partial charge in [0.1, 0.15) is 5.69 Å². The normalized spacial score (nSPS) is 11.0. The Labute approximate surface area is 134 Å². The number of fused-ring (bicyclic) bond motifs is 1. The third-order valence-corrected chi connectivity index (χ3v) is 4.24. The number of H-pyrrole nitrogens is 1. The summed E-state index contributed by atoms with van der Waals surface area (Å²) >= 11 is 1.26. The summed E-state index contributed by atoms with van der Waals surface area (Å²) in [6.07, 6.45) is 1.71. The van der Waals surface area contributed by atoms with E-state index in [0.29, 0.717) is 28.1 Å². The molecule has 0 bridgehead atoms. The van der Waals surface area contributed by atoms with Gasteiger partial charge in [-0.2, -0.15) is 4.98 Å². The van der Waals surface area contributed by atoms with Gasteiger partial charge in [-0.3, -0.25) is 4.79 Å². The lowest BCUT2D eigenvalue weighted by atomic mass is 10.1. The molecule has 3 heterocycles. The fourth-order valence-corrected chi connectivity index (χ4v) is 3.03. The second kappa shape index (κ2) is 5.33. The number of hydrogen-bond acceptors (Lipinski definition) is 7. The molecule has 8 heteroatoms. The van der Waals surface area contributed by atoms with Crippen LogP contribution in [-0.2, 0) is 0 Å². The first-order valence-electron chi connectivity index (χ1n) is 6.84. The maximum absolute atomic E-state index is 12.7. The summed E-state index contributed by atoms with van der Waals surface area (Å²) in [7, 11) is 1.68. The number of anilines is 1. The molecule has 2 N–H and O–H groups in total. The molecule has 0 amide bonds. The summed E-state index contributed by atoms with van der Waals surface area (Å²) in [5.74, 6) is 0.222. The highest BCUT2D eigenvalue weighted by atomic mass is 32.1. The Morgan fingerprint density at radius 2 is 2.17 bits per heavy atom. The largest absolute Gasteiger partial charge is 0.360 e. The van der Waals surface area contributed by atoms with Crippen LogP contribution >= 0.6 is 11.3 Å². The van der Waals surface area contributed by atoms with E-state index in [1.807, 2.05) is 24.3 Å². The number of rotatable bonds is 4. The minimum Gasteiger partial charge on any atom is -0.360 e. The quantitative estimate of drug-likeness (QED) is 0.560. The highest BCUT2D eigenvalue weighted by molar-refractivity contribution is 7.12. The van der Waals surface area contributed by atoms with E-state index < -0.39 is 0 Å². The molecule has 3 aromatic heterocycles. The van der Waals surface area contributed by atoms with Crippen molar-refractivity contribution in [2.24, 2.45) is 0 Å². The average Bonchev–Trinajstić information content (AvgIpc) is 3.31. The maximum Gasteiger partial charge on any atom is 0.321 e. The van der Waals surface area contributed by atoms with Crippen LogP contribution in [-0.4, -0.2) is 32.9 Å². The number of aromatic nitrogens is 4. The molecule has 0 spiro atoms. The minimum atomic E-state index is -0.129. The third kappa shape index (κ3) is 2.29. The first-order chi connectivity index (χ1) is 11.3. The van der Waals surface area contributed by atoms with Gasteiger partial charge < -0.3 is 14.8 Å². The van der Waals surface area contributed by atoms with Gasteiger partial charge in [0.25, 0.3) is 0 Å². The number of para-hydroxylation sites is 1. The number of nitrogens with zero attached hydrogens (tertiary/aromatic N) is 3. The van der Waals surface area contributed by atoms with Crippen molar-refractivity contribution >= 4 is 34.0 Å². The van der Waals surface area contributed by atoms with Gasteiger partial charge in [0, 0.05) is 29.5 Å². The van der Waals surface area contributed by atoms with Crippen molar-refractivity contribution in [3.63, 3.8) is 0 Å². The van der Waals surface area contributed by atoms with Gasteiger partial charge in [-0.25, -0.2) is 4.98 Å². The smallest absolute Gasteiger partial charge is 0.321 e. The van der Waals surface area contributed by atoms with Crippen LogP contribution in [0.1, 0.15) is 15.4 Å². The standard InChI is InChI=1S/C15H11N5O2S/c1-16-15-19-13(20-22-15)11-7-23-14(18-11)12(21)9-6-17-10-5-3-2-4-8(9)10/h2-7,17H,1H3,(H,16,19,20). The number of thiazole rings is 1. The number of ketones is 1. The molecule has 0 saturated carbocycles. The molecule has 1 aromatic carbocycles. The second-order valence-corrected chi connectivity index (χ2v) is 5.65. The number of aromatic amines is 1. The van der Waals surface area contributed by atoms with Crippen molar-refractivity contribution in [3.05, 3.63) is 46.4 Å². The molecule has 0 aliphatic heterocycles. The molecule has 0 aliphatic rings. The molecule has 23 heavy (non-hydrogen) atoms. The van der Waals surface area contributed by atoms with Gasteiger partial charge in [-0.15, -0.1) is 11.3 Å². The number of benzene rings is 1. The van der Waals surface area contributed by atoms with Crippen LogP contribution in [0.4, 0.5) is 6.01 Å². The highest BCUT2D eigenvalue weighted by Crippen LogP contribution is 2.25. The summed E-state index contributed by atoms with van der Waals surface area (Å²) < 4.78 is 4.97. The number of nitrogens with one attached hydrogen (secondary N) is 2. The molecule has 0 aliphatic carbocycles. The molecule has 4 rings (SSSR count). The van der Waals surface area contributed by atoms with Crippen LogP contribution in [0.5, 0.6) is 0 Å². The monoisotopic (exact) mass is 325 g/mol. The van der Waals surface area contributed by atoms with Gasteiger partial charge in [-0.05, 0) is 6.07 Å². The van der Waals surface area contributed by atoms with Crippen LogP contribution in [0.25, 0.3) is 22.4 Å². The Bertz CT molecular complexity index is 1000. The molecule has 0 saturated heterocycles. The molecule has 4 aromatic rings. The van der Waals surface area contributed by atoms with E-state index in [4.69, 9.17) is 4.52 Å². The van der Waals surface area contributed by atoms with Crippen LogP contribution in [0.15, 0.2) is 40.4 Å². The lowest BCUT2D eigenvalue weighted by Gasteiger charge is -1.94. The van der Waals surface area contributed by atoms with Gasteiger partial charge in [0.05, 0.1) is 5.56 Å². The number of hydrogen-bond donors (Lipinski definition) is 2. The molecule has 7 nitrogen and oxygen atoms in total. The maximum atomic E-state index is 12.7. The Hall–Kier alpha value is -3.00. The van der Waals surface area contributed by atoms with Gasteiger partial charge in [0.2, 0.25) is 11.6 Å². The summed E-state index contributed by atoms with van der Waals surface area (Å²) in [5, 5.41) is 9.59. The van der Waals surface area contributed by atoms with Gasteiger partial charge in [-0.1, -0.05) is 23.4 Å². The fraction of sp³-hybridized carbons (Fsp3) is 0.0667. The summed E-state index contributed by atoms with van der Waals surface area (Å²) in [4.78, 5) is 24.2. The van der Waals surface area contributed by atoms with E-state index in [-0.39, 0.29) is 5.78 Å². The predicted octanol–water partition coefficient (Wildman–Crippen LogP) is 2.95. The SMILES string of the molecule is CNc1nc(-c2csc(C(=O)c3c[nH]c4ccccc34)n2)no1. The summed E-state index contributed by atoms with van der Waals surface area (Å²) in [6, 6.07) is 7.96. The minimum absolute atomic E-state index is 0.129. The zero-order chi connectivity index (χ0) is 15.8. The first-order valence-corrected chi connectivity index (χ1v) is 7.72. The number of carbonyl (C=O) groups excluding carboxylic acids is 1. The van der Waals surface area contributed by atoms with Gasteiger partial charge in [0.15, 0.2) is 5.01 Å². The molecular formula is C15H11N5O2S. The molecular weight excluding hydrogens is 314 g/mol. The Balaban J connectivity index is 1.69. The van der Waals surface area contributed by atoms with Crippen molar-refractivity contribution in [1.29, 1.82) is 0 Å². The molecule has 0 atom stereocenters. The van der Waals surface area contributed by atoms with Crippen LogP contribution < -0.4 is 5.32 Å². The van der Waals surface area contributed by atoms with Crippen LogP contribution in [0, 0.1) is 0 Å². The molecule has 0 radical (unpaired) electrons. The van der Waals surface area contributed by atoms with Crippen molar-refractivity contribution < 1.29 is 9.32 Å². The van der Waals surface area contributed by atoms with Crippen molar-refractivity contribution in [3.8, 4) is 11.5 Å². The zero-order valence-electron chi connectivity index (χ0n) is 12.0. The highest BCUT2D eigenvalue weighted by Gasteiger charge is 2.19.